The van der Waals surface area contributed by atoms with Gasteiger partial charge in [-0.1, -0.05) is 6.92 Å². The van der Waals surface area contributed by atoms with Crippen molar-refractivity contribution in [3.05, 3.63) is 0 Å². The molecule has 3 nitrogen and oxygen atoms in total. The number of hydrogen-bond acceptors (Lipinski definition) is 3. The summed E-state index contributed by atoms with van der Waals surface area (Å²) in [4.78, 5) is 0. The van der Waals surface area contributed by atoms with Crippen molar-refractivity contribution in [3.63, 3.8) is 0 Å². The molecule has 3 heteroatoms. The molecule has 1 atom stereocenters. The number of nitrogens with one attached hydrogen (secondary N) is 2. The minimum Gasteiger partial charge on any atom is -0.396 e. The highest BCUT2D eigenvalue weighted by atomic mass is 16.2. The van der Waals surface area contributed by atoms with Gasteiger partial charge < -0.3 is 15.7 Å². The van der Waals surface area contributed by atoms with Crippen LogP contribution in [0.25, 0.3) is 0 Å². The van der Waals surface area contributed by atoms with E-state index in [9.17, 15) is 0 Å². The van der Waals surface area contributed by atoms with Crippen molar-refractivity contribution in [2.75, 3.05) is 26.2 Å². The largest absolute Gasteiger partial charge is 0.396 e. The van der Waals surface area contributed by atoms with Crippen LogP contribution in [-0.4, -0.2) is 37.4 Å². The smallest absolute Gasteiger partial charge is 0.0431 e. The van der Waals surface area contributed by atoms with Crippen LogP contribution in [0.5, 0.6) is 0 Å². The van der Waals surface area contributed by atoms with Crippen LogP contribution >= 0.6 is 0 Å². The molecule has 0 aromatic rings. The number of rotatable bonds is 9. The summed E-state index contributed by atoms with van der Waals surface area (Å²) >= 11 is 0. The summed E-state index contributed by atoms with van der Waals surface area (Å²) < 4.78 is 0. The van der Waals surface area contributed by atoms with Gasteiger partial charge in [0.2, 0.25) is 0 Å². The molecular formula is C10H24N2O. The van der Waals surface area contributed by atoms with Crippen LogP contribution in [-0.2, 0) is 0 Å². The summed E-state index contributed by atoms with van der Waals surface area (Å²) in [6.07, 6.45) is 3.16. The van der Waals surface area contributed by atoms with E-state index in [1.54, 1.807) is 0 Å². The SMILES string of the molecule is CCCNCC(C)NCCCCO. The van der Waals surface area contributed by atoms with Gasteiger partial charge in [-0.2, -0.15) is 0 Å². The van der Waals surface area contributed by atoms with Gasteiger partial charge in [0.25, 0.3) is 0 Å². The summed E-state index contributed by atoms with van der Waals surface area (Å²) in [7, 11) is 0. The Morgan fingerprint density at radius 3 is 2.62 bits per heavy atom. The van der Waals surface area contributed by atoms with Crippen molar-refractivity contribution < 1.29 is 5.11 Å². The fraction of sp³-hybridized carbons (Fsp3) is 1.00. The van der Waals surface area contributed by atoms with Crippen LogP contribution in [0, 0.1) is 0 Å². The third-order valence-electron chi connectivity index (χ3n) is 1.95. The predicted molar refractivity (Wildman–Crippen MR) is 56.9 cm³/mol. The van der Waals surface area contributed by atoms with E-state index in [-0.39, 0.29) is 0 Å². The Hall–Kier alpha value is -0.120. The quantitative estimate of drug-likeness (QED) is 0.468. The van der Waals surface area contributed by atoms with Gasteiger partial charge in [-0.3, -0.25) is 0 Å². The van der Waals surface area contributed by atoms with Gasteiger partial charge in [0, 0.05) is 19.2 Å². The molecule has 0 saturated carbocycles. The normalized spacial score (nSPS) is 13.2. The van der Waals surface area contributed by atoms with E-state index in [1.165, 1.54) is 6.42 Å². The molecule has 1 unspecified atom stereocenters. The summed E-state index contributed by atoms with van der Waals surface area (Å²) in [6, 6.07) is 0.533. The lowest BCUT2D eigenvalue weighted by Crippen LogP contribution is -2.37. The zero-order valence-electron chi connectivity index (χ0n) is 8.97. The van der Waals surface area contributed by atoms with Crippen molar-refractivity contribution in [1.29, 1.82) is 0 Å². The van der Waals surface area contributed by atoms with Gasteiger partial charge in [0.05, 0.1) is 0 Å². The van der Waals surface area contributed by atoms with E-state index in [4.69, 9.17) is 5.11 Å². The molecule has 0 aromatic heterocycles. The second-order valence-electron chi connectivity index (χ2n) is 3.49. The van der Waals surface area contributed by atoms with E-state index in [2.05, 4.69) is 24.5 Å². The molecule has 0 radical (unpaired) electrons. The van der Waals surface area contributed by atoms with Gasteiger partial charge in [-0.25, -0.2) is 0 Å². The van der Waals surface area contributed by atoms with Crippen LogP contribution in [0.4, 0.5) is 0 Å². The van der Waals surface area contributed by atoms with Gasteiger partial charge in [-0.05, 0) is 39.3 Å². The highest BCUT2D eigenvalue weighted by molar-refractivity contribution is 4.63. The van der Waals surface area contributed by atoms with Gasteiger partial charge in [0.15, 0.2) is 0 Å². The minimum absolute atomic E-state index is 0.310. The maximum Gasteiger partial charge on any atom is 0.0431 e. The Morgan fingerprint density at radius 2 is 2.00 bits per heavy atom. The topological polar surface area (TPSA) is 44.3 Å². The number of aliphatic hydroxyl groups is 1. The van der Waals surface area contributed by atoms with Gasteiger partial charge in [-0.15, -0.1) is 0 Å². The fourth-order valence-electron chi connectivity index (χ4n) is 1.15. The van der Waals surface area contributed by atoms with E-state index < -0.39 is 0 Å². The number of hydrogen-bond donors (Lipinski definition) is 3. The summed E-state index contributed by atoms with van der Waals surface area (Å²) in [5.74, 6) is 0. The van der Waals surface area contributed by atoms with Crippen LogP contribution in [0.15, 0.2) is 0 Å². The maximum absolute atomic E-state index is 8.56. The fourth-order valence-corrected chi connectivity index (χ4v) is 1.15. The Bertz CT molecular complexity index is 98.9. The molecule has 0 rings (SSSR count). The maximum atomic E-state index is 8.56. The molecule has 0 aromatic carbocycles. The zero-order valence-corrected chi connectivity index (χ0v) is 8.97. The molecule has 0 amide bonds. The zero-order chi connectivity index (χ0) is 9.94. The molecule has 0 heterocycles. The second-order valence-corrected chi connectivity index (χ2v) is 3.49. The van der Waals surface area contributed by atoms with Gasteiger partial charge >= 0.3 is 0 Å². The third-order valence-corrected chi connectivity index (χ3v) is 1.95. The third kappa shape index (κ3) is 9.80. The molecule has 0 bridgehead atoms. The predicted octanol–water partition coefficient (Wildman–Crippen LogP) is 0.737. The molecule has 13 heavy (non-hydrogen) atoms. The highest BCUT2D eigenvalue weighted by Gasteiger charge is 1.98. The summed E-state index contributed by atoms with van der Waals surface area (Å²) in [5, 5.41) is 15.3. The molecule has 3 N–H and O–H groups in total. The lowest BCUT2D eigenvalue weighted by atomic mass is 10.3. The standard InChI is InChI=1S/C10H24N2O/c1-3-6-11-9-10(2)12-7-4-5-8-13/h10-13H,3-9H2,1-2H3. The highest BCUT2D eigenvalue weighted by Crippen LogP contribution is 1.86. The molecule has 80 valence electrons. The van der Waals surface area contributed by atoms with E-state index in [0.717, 1.165) is 32.5 Å². The van der Waals surface area contributed by atoms with Crippen molar-refractivity contribution in [2.45, 2.75) is 39.2 Å². The average Bonchev–Trinajstić information content (AvgIpc) is 2.13. The first-order chi connectivity index (χ1) is 6.31. The Kier molecular flexibility index (Phi) is 9.87. The van der Waals surface area contributed by atoms with Crippen LogP contribution in [0.1, 0.15) is 33.1 Å². The molecular weight excluding hydrogens is 164 g/mol. The first-order valence-corrected chi connectivity index (χ1v) is 5.36. The Labute approximate surface area is 81.9 Å². The lowest BCUT2D eigenvalue weighted by molar-refractivity contribution is 0.282. The molecule has 0 aliphatic heterocycles. The second kappa shape index (κ2) is 9.96. The summed E-state index contributed by atoms with van der Waals surface area (Å²) in [5.41, 5.74) is 0. The van der Waals surface area contributed by atoms with Crippen LogP contribution < -0.4 is 10.6 Å². The molecule has 0 spiro atoms. The average molecular weight is 188 g/mol. The Balaban J connectivity index is 3.05. The van der Waals surface area contributed by atoms with E-state index in [0.29, 0.717) is 12.6 Å². The van der Waals surface area contributed by atoms with Crippen molar-refractivity contribution in [2.24, 2.45) is 0 Å². The van der Waals surface area contributed by atoms with E-state index >= 15 is 0 Å². The van der Waals surface area contributed by atoms with Gasteiger partial charge in [0.1, 0.15) is 0 Å². The van der Waals surface area contributed by atoms with Crippen molar-refractivity contribution in [1.82, 2.24) is 10.6 Å². The lowest BCUT2D eigenvalue weighted by Gasteiger charge is -2.13. The molecule has 0 fully saturated rings. The van der Waals surface area contributed by atoms with Crippen LogP contribution in [0.2, 0.25) is 0 Å². The van der Waals surface area contributed by atoms with Crippen molar-refractivity contribution >= 4 is 0 Å². The van der Waals surface area contributed by atoms with Crippen molar-refractivity contribution in [3.8, 4) is 0 Å². The Morgan fingerprint density at radius 1 is 1.23 bits per heavy atom. The molecule has 0 aliphatic carbocycles. The number of aliphatic hydroxyl groups excluding tert-OH is 1. The van der Waals surface area contributed by atoms with E-state index in [1.807, 2.05) is 0 Å². The summed E-state index contributed by atoms with van der Waals surface area (Å²) in [6.45, 7) is 7.81. The first kappa shape index (κ1) is 12.9. The first-order valence-electron chi connectivity index (χ1n) is 5.36. The minimum atomic E-state index is 0.310. The molecule has 0 aliphatic rings. The molecule has 0 saturated heterocycles. The number of unbranched alkanes of at least 4 members (excludes halogenated alkanes) is 1. The van der Waals surface area contributed by atoms with Crippen LogP contribution in [0.3, 0.4) is 0 Å². The monoisotopic (exact) mass is 188 g/mol.